The van der Waals surface area contributed by atoms with Gasteiger partial charge in [-0.25, -0.2) is 0 Å². The lowest BCUT2D eigenvalue weighted by atomic mass is 9.96. The zero-order valence-electron chi connectivity index (χ0n) is 7.07. The maximum absolute atomic E-state index is 5.95. The Hall–Kier alpha value is -0.240. The van der Waals surface area contributed by atoms with Crippen LogP contribution in [0, 0.1) is 0 Å². The smallest absolute Gasteiger partial charge is 0.0471 e. The van der Waals surface area contributed by atoms with Crippen molar-refractivity contribution in [2.75, 3.05) is 0 Å². The van der Waals surface area contributed by atoms with E-state index in [1.807, 2.05) is 13.8 Å². The molecule has 0 fully saturated rings. The molecule has 12 heavy (non-hydrogen) atoms. The van der Waals surface area contributed by atoms with Crippen molar-refractivity contribution in [1.82, 2.24) is 0 Å². The van der Waals surface area contributed by atoms with Crippen molar-refractivity contribution in [2.45, 2.75) is 19.4 Å². The fourth-order valence-corrected chi connectivity index (χ4v) is 2.00. The van der Waals surface area contributed by atoms with Gasteiger partial charge in [0.1, 0.15) is 0 Å². The van der Waals surface area contributed by atoms with E-state index < -0.39 is 5.54 Å². The lowest BCUT2D eigenvalue weighted by molar-refractivity contribution is 0.555. The second-order valence-electron chi connectivity index (χ2n) is 3.32. The molecule has 2 N–H and O–H groups in total. The molecule has 0 saturated heterocycles. The molecule has 0 aliphatic carbocycles. The first-order chi connectivity index (χ1) is 5.43. The van der Waals surface area contributed by atoms with Crippen molar-refractivity contribution in [3.05, 3.63) is 33.8 Å². The molecule has 1 nitrogen and oxygen atoms in total. The summed E-state index contributed by atoms with van der Waals surface area (Å²) in [6, 6.07) is 5.38. The average molecular weight is 204 g/mol. The van der Waals surface area contributed by atoms with Crippen LogP contribution in [0.3, 0.4) is 0 Å². The first-order valence-corrected chi connectivity index (χ1v) is 4.42. The molecule has 0 aliphatic heterocycles. The first-order valence-electron chi connectivity index (χ1n) is 3.66. The highest BCUT2D eigenvalue weighted by Crippen LogP contribution is 2.31. The summed E-state index contributed by atoms with van der Waals surface area (Å²) >= 11 is 11.9. The summed E-state index contributed by atoms with van der Waals surface area (Å²) in [5.41, 5.74) is 6.20. The van der Waals surface area contributed by atoms with Crippen molar-refractivity contribution in [2.24, 2.45) is 5.73 Å². The molecule has 0 aliphatic rings. The molecule has 0 aromatic heterocycles. The van der Waals surface area contributed by atoms with Gasteiger partial charge < -0.3 is 5.73 Å². The molecule has 0 unspecified atom stereocenters. The molecule has 0 radical (unpaired) electrons. The van der Waals surface area contributed by atoms with Crippen LogP contribution in [0.4, 0.5) is 0 Å². The standard InChI is InChI=1S/C9H11Cl2N/c1-9(2,12)8-6(10)4-3-5-7(8)11/h3-5H,12H2,1-2H3. The number of hydrogen-bond donors (Lipinski definition) is 1. The van der Waals surface area contributed by atoms with Crippen molar-refractivity contribution >= 4 is 23.2 Å². The molecular weight excluding hydrogens is 193 g/mol. The van der Waals surface area contributed by atoms with Crippen molar-refractivity contribution in [3.63, 3.8) is 0 Å². The van der Waals surface area contributed by atoms with E-state index in [1.54, 1.807) is 18.2 Å². The van der Waals surface area contributed by atoms with Gasteiger partial charge >= 0.3 is 0 Å². The highest BCUT2D eigenvalue weighted by Gasteiger charge is 2.20. The predicted octanol–water partition coefficient (Wildman–Crippen LogP) is 3.19. The van der Waals surface area contributed by atoms with Gasteiger partial charge in [0.2, 0.25) is 0 Å². The largest absolute Gasteiger partial charge is 0.322 e. The number of halogens is 2. The van der Waals surface area contributed by atoms with Gasteiger partial charge in [0.05, 0.1) is 0 Å². The summed E-state index contributed by atoms with van der Waals surface area (Å²) in [6.07, 6.45) is 0. The van der Waals surface area contributed by atoms with Crippen LogP contribution in [-0.4, -0.2) is 0 Å². The summed E-state index contributed by atoms with van der Waals surface area (Å²) in [5, 5.41) is 1.24. The molecule has 1 aromatic carbocycles. The van der Waals surface area contributed by atoms with E-state index in [0.717, 1.165) is 5.56 Å². The maximum atomic E-state index is 5.95. The molecule has 0 spiro atoms. The minimum absolute atomic E-state index is 0.491. The van der Waals surface area contributed by atoms with Gasteiger partial charge in [-0.3, -0.25) is 0 Å². The fourth-order valence-electron chi connectivity index (χ4n) is 1.11. The number of benzene rings is 1. The Bertz CT molecular complexity index is 269. The van der Waals surface area contributed by atoms with Crippen molar-refractivity contribution in [1.29, 1.82) is 0 Å². The van der Waals surface area contributed by atoms with E-state index in [1.165, 1.54) is 0 Å². The molecule has 0 saturated carbocycles. The first kappa shape index (κ1) is 9.85. The van der Waals surface area contributed by atoms with Gasteiger partial charge in [-0.05, 0) is 26.0 Å². The minimum Gasteiger partial charge on any atom is -0.322 e. The Labute approximate surface area is 82.5 Å². The second kappa shape index (κ2) is 3.25. The molecular formula is C9H11Cl2N. The third-order valence-corrected chi connectivity index (χ3v) is 2.24. The van der Waals surface area contributed by atoms with E-state index in [2.05, 4.69) is 0 Å². The average Bonchev–Trinajstić information content (AvgIpc) is 1.82. The second-order valence-corrected chi connectivity index (χ2v) is 4.13. The van der Waals surface area contributed by atoms with E-state index >= 15 is 0 Å². The summed E-state index contributed by atoms with van der Waals surface area (Å²) in [5.74, 6) is 0. The molecule has 0 amide bonds. The van der Waals surface area contributed by atoms with Crippen LogP contribution in [0.15, 0.2) is 18.2 Å². The monoisotopic (exact) mass is 203 g/mol. The van der Waals surface area contributed by atoms with Gasteiger partial charge in [-0.15, -0.1) is 0 Å². The minimum atomic E-state index is -0.491. The summed E-state index contributed by atoms with van der Waals surface area (Å²) in [7, 11) is 0. The van der Waals surface area contributed by atoms with Gasteiger partial charge in [-0.1, -0.05) is 29.3 Å². The number of nitrogens with two attached hydrogens (primary N) is 1. The Morgan fingerprint density at radius 3 is 1.83 bits per heavy atom. The molecule has 0 bridgehead atoms. The van der Waals surface area contributed by atoms with Crippen molar-refractivity contribution in [3.8, 4) is 0 Å². The van der Waals surface area contributed by atoms with Crippen LogP contribution in [0.5, 0.6) is 0 Å². The quantitative estimate of drug-likeness (QED) is 0.746. The Balaban J connectivity index is 3.31. The van der Waals surface area contributed by atoms with E-state index in [0.29, 0.717) is 10.0 Å². The highest BCUT2D eigenvalue weighted by molar-refractivity contribution is 6.36. The topological polar surface area (TPSA) is 26.0 Å². The van der Waals surface area contributed by atoms with Crippen LogP contribution in [0.2, 0.25) is 10.0 Å². The molecule has 0 atom stereocenters. The van der Waals surface area contributed by atoms with Crippen LogP contribution in [0.25, 0.3) is 0 Å². The normalized spacial score (nSPS) is 11.8. The Morgan fingerprint density at radius 1 is 1.17 bits per heavy atom. The zero-order valence-corrected chi connectivity index (χ0v) is 8.58. The summed E-state index contributed by atoms with van der Waals surface area (Å²) in [4.78, 5) is 0. The summed E-state index contributed by atoms with van der Waals surface area (Å²) < 4.78 is 0. The Kier molecular flexibility index (Phi) is 2.67. The molecule has 1 rings (SSSR count). The number of rotatable bonds is 1. The molecule has 3 heteroatoms. The fraction of sp³-hybridized carbons (Fsp3) is 0.333. The van der Waals surface area contributed by atoms with Crippen molar-refractivity contribution < 1.29 is 0 Å². The van der Waals surface area contributed by atoms with E-state index in [4.69, 9.17) is 28.9 Å². The molecule has 0 heterocycles. The predicted molar refractivity (Wildman–Crippen MR) is 53.7 cm³/mol. The summed E-state index contributed by atoms with van der Waals surface area (Å²) in [6.45, 7) is 3.75. The van der Waals surface area contributed by atoms with Gasteiger partial charge in [-0.2, -0.15) is 0 Å². The van der Waals surface area contributed by atoms with E-state index in [9.17, 15) is 0 Å². The lowest BCUT2D eigenvalue weighted by Crippen LogP contribution is -2.29. The van der Waals surface area contributed by atoms with Crippen LogP contribution >= 0.6 is 23.2 Å². The van der Waals surface area contributed by atoms with Gasteiger partial charge in [0, 0.05) is 21.1 Å². The van der Waals surface area contributed by atoms with Gasteiger partial charge in [0.25, 0.3) is 0 Å². The maximum Gasteiger partial charge on any atom is 0.0471 e. The SMILES string of the molecule is CC(C)(N)c1c(Cl)cccc1Cl. The van der Waals surface area contributed by atoms with Gasteiger partial charge in [0.15, 0.2) is 0 Å². The molecule has 1 aromatic rings. The third kappa shape index (κ3) is 1.92. The molecule has 66 valence electrons. The zero-order chi connectivity index (χ0) is 9.35. The lowest BCUT2D eigenvalue weighted by Gasteiger charge is -2.21. The van der Waals surface area contributed by atoms with E-state index in [-0.39, 0.29) is 0 Å². The third-order valence-electron chi connectivity index (χ3n) is 1.61. The van der Waals surface area contributed by atoms with Crippen LogP contribution < -0.4 is 5.73 Å². The van der Waals surface area contributed by atoms with Crippen LogP contribution in [0.1, 0.15) is 19.4 Å². The van der Waals surface area contributed by atoms with Crippen LogP contribution in [-0.2, 0) is 5.54 Å². The Morgan fingerprint density at radius 2 is 1.58 bits per heavy atom. The number of hydrogen-bond acceptors (Lipinski definition) is 1. The highest BCUT2D eigenvalue weighted by atomic mass is 35.5.